The minimum Gasteiger partial charge on any atom is -0.295 e. The Morgan fingerprint density at radius 3 is 2.43 bits per heavy atom. The fourth-order valence-electron chi connectivity index (χ4n) is 2.29. The molecule has 21 heavy (non-hydrogen) atoms. The van der Waals surface area contributed by atoms with E-state index in [9.17, 15) is 8.78 Å². The van der Waals surface area contributed by atoms with Crippen molar-refractivity contribution in [2.24, 2.45) is 0 Å². The number of aromatic nitrogens is 2. The van der Waals surface area contributed by atoms with Crippen LogP contribution >= 0.6 is 23.2 Å². The van der Waals surface area contributed by atoms with Crippen LogP contribution < -0.4 is 0 Å². The van der Waals surface area contributed by atoms with Crippen LogP contribution in [0, 0.1) is 11.6 Å². The van der Waals surface area contributed by atoms with Gasteiger partial charge in [-0.05, 0) is 31.2 Å². The van der Waals surface area contributed by atoms with Crippen LogP contribution in [0.1, 0.15) is 18.1 Å². The van der Waals surface area contributed by atoms with E-state index in [1.54, 1.807) is 29.7 Å². The second-order valence-corrected chi connectivity index (χ2v) is 5.72. The lowest BCUT2D eigenvalue weighted by Gasteiger charge is -2.11. The van der Waals surface area contributed by atoms with Crippen LogP contribution in [0.5, 0.6) is 0 Å². The Morgan fingerprint density at radius 1 is 1.14 bits per heavy atom. The van der Waals surface area contributed by atoms with Crippen molar-refractivity contribution in [1.82, 2.24) is 9.55 Å². The van der Waals surface area contributed by atoms with Crippen LogP contribution in [-0.2, 0) is 0 Å². The molecule has 108 valence electrons. The third-order valence-electron chi connectivity index (χ3n) is 3.12. The third kappa shape index (κ3) is 2.49. The van der Waals surface area contributed by atoms with E-state index in [4.69, 9.17) is 23.2 Å². The van der Waals surface area contributed by atoms with Gasteiger partial charge in [-0.2, -0.15) is 0 Å². The molecule has 0 saturated heterocycles. The lowest BCUT2D eigenvalue weighted by Crippen LogP contribution is -2.03. The predicted octanol–water partition coefficient (Wildman–Crippen LogP) is 5.26. The predicted molar refractivity (Wildman–Crippen MR) is 80.3 cm³/mol. The molecule has 0 bridgehead atoms. The smallest absolute Gasteiger partial charge is 0.132 e. The van der Waals surface area contributed by atoms with Crippen LogP contribution in [0.15, 0.2) is 36.4 Å². The SMILES string of the molecule is CC(Cl)c1nc2c(Cl)cccc2n1-c1cc(F)cc(F)c1. The van der Waals surface area contributed by atoms with E-state index < -0.39 is 17.0 Å². The van der Waals surface area contributed by atoms with Gasteiger partial charge in [0.2, 0.25) is 0 Å². The van der Waals surface area contributed by atoms with Crippen LogP contribution in [0.3, 0.4) is 0 Å². The first-order valence-electron chi connectivity index (χ1n) is 6.25. The van der Waals surface area contributed by atoms with Gasteiger partial charge < -0.3 is 0 Å². The van der Waals surface area contributed by atoms with Gasteiger partial charge in [-0.15, -0.1) is 11.6 Å². The fourth-order valence-corrected chi connectivity index (χ4v) is 2.65. The van der Waals surface area contributed by atoms with E-state index in [0.29, 0.717) is 27.6 Å². The first-order chi connectivity index (χ1) is 9.97. The number of alkyl halides is 1. The molecule has 0 saturated carbocycles. The highest BCUT2D eigenvalue weighted by Gasteiger charge is 2.18. The van der Waals surface area contributed by atoms with Crippen molar-refractivity contribution in [2.75, 3.05) is 0 Å². The molecule has 0 amide bonds. The summed E-state index contributed by atoms with van der Waals surface area (Å²) in [5.41, 5.74) is 1.51. The quantitative estimate of drug-likeness (QED) is 0.587. The molecule has 1 atom stereocenters. The van der Waals surface area contributed by atoms with Crippen molar-refractivity contribution >= 4 is 34.2 Å². The van der Waals surface area contributed by atoms with Crippen molar-refractivity contribution in [3.63, 3.8) is 0 Å². The molecule has 1 aromatic heterocycles. The summed E-state index contributed by atoms with van der Waals surface area (Å²) in [5, 5.41) is 0.0153. The fraction of sp³-hybridized carbons (Fsp3) is 0.133. The maximum atomic E-state index is 13.5. The Balaban J connectivity index is 2.39. The minimum absolute atomic E-state index is 0.319. The summed E-state index contributed by atoms with van der Waals surface area (Å²) in [6, 6.07) is 8.51. The molecule has 0 N–H and O–H groups in total. The van der Waals surface area contributed by atoms with Crippen LogP contribution in [-0.4, -0.2) is 9.55 Å². The number of imidazole rings is 1. The van der Waals surface area contributed by atoms with Gasteiger partial charge >= 0.3 is 0 Å². The molecular weight excluding hydrogens is 317 g/mol. The summed E-state index contributed by atoms with van der Waals surface area (Å²) in [6.45, 7) is 1.74. The second kappa shape index (κ2) is 5.28. The molecule has 0 radical (unpaired) electrons. The summed E-state index contributed by atoms with van der Waals surface area (Å²) in [4.78, 5) is 4.40. The number of nitrogens with zero attached hydrogens (tertiary/aromatic N) is 2. The van der Waals surface area contributed by atoms with Gasteiger partial charge in [0.1, 0.15) is 23.0 Å². The van der Waals surface area contributed by atoms with Crippen molar-refractivity contribution in [1.29, 1.82) is 0 Å². The Kier molecular flexibility index (Phi) is 3.59. The first-order valence-corrected chi connectivity index (χ1v) is 7.06. The maximum Gasteiger partial charge on any atom is 0.132 e. The van der Waals surface area contributed by atoms with E-state index >= 15 is 0 Å². The summed E-state index contributed by atoms with van der Waals surface area (Å²) in [6.07, 6.45) is 0. The van der Waals surface area contributed by atoms with E-state index in [0.717, 1.165) is 6.07 Å². The second-order valence-electron chi connectivity index (χ2n) is 4.66. The molecular formula is C15H10Cl2F2N2. The molecule has 3 rings (SSSR count). The molecule has 0 spiro atoms. The standard InChI is InChI=1S/C15H10Cl2F2N2/c1-8(16)15-20-14-12(17)3-2-4-13(14)21(15)11-6-9(18)5-10(19)7-11/h2-8H,1H3. The van der Waals surface area contributed by atoms with Gasteiger partial charge in [-0.3, -0.25) is 4.57 Å². The normalized spacial score (nSPS) is 12.8. The summed E-state index contributed by atoms with van der Waals surface area (Å²) in [7, 11) is 0. The largest absolute Gasteiger partial charge is 0.295 e. The van der Waals surface area contributed by atoms with Crippen LogP contribution in [0.4, 0.5) is 8.78 Å². The summed E-state index contributed by atoms with van der Waals surface area (Å²) < 4.78 is 28.6. The molecule has 0 aliphatic heterocycles. The Labute approximate surface area is 129 Å². The number of fused-ring (bicyclic) bond motifs is 1. The van der Waals surface area contributed by atoms with E-state index in [-0.39, 0.29) is 0 Å². The molecule has 6 heteroatoms. The highest BCUT2D eigenvalue weighted by atomic mass is 35.5. The number of hydrogen-bond donors (Lipinski definition) is 0. The lowest BCUT2D eigenvalue weighted by molar-refractivity contribution is 0.581. The molecule has 1 unspecified atom stereocenters. The van der Waals surface area contributed by atoms with Gasteiger partial charge in [0.25, 0.3) is 0 Å². The molecule has 3 aromatic rings. The highest BCUT2D eigenvalue weighted by molar-refractivity contribution is 6.35. The number of halogens is 4. The summed E-state index contributed by atoms with van der Waals surface area (Å²) in [5.74, 6) is -0.853. The van der Waals surface area contributed by atoms with Crippen molar-refractivity contribution in [3.05, 3.63) is 58.9 Å². The maximum absolute atomic E-state index is 13.5. The van der Waals surface area contributed by atoms with Crippen LogP contribution in [0.25, 0.3) is 16.7 Å². The topological polar surface area (TPSA) is 17.8 Å². The Bertz CT molecular complexity index is 808. The van der Waals surface area contributed by atoms with Gasteiger partial charge in [0.05, 0.1) is 21.6 Å². The van der Waals surface area contributed by atoms with E-state index in [1.165, 1.54) is 12.1 Å². The lowest BCUT2D eigenvalue weighted by atomic mass is 10.2. The molecule has 1 heterocycles. The van der Waals surface area contributed by atoms with Crippen molar-refractivity contribution in [2.45, 2.75) is 12.3 Å². The Morgan fingerprint density at radius 2 is 1.81 bits per heavy atom. The summed E-state index contributed by atoms with van der Waals surface area (Å²) >= 11 is 12.3. The molecule has 0 aliphatic carbocycles. The monoisotopic (exact) mass is 326 g/mol. The van der Waals surface area contributed by atoms with Crippen LogP contribution in [0.2, 0.25) is 5.02 Å². The Hall–Kier alpha value is -1.65. The zero-order chi connectivity index (χ0) is 15.1. The number of rotatable bonds is 2. The average molecular weight is 327 g/mol. The number of para-hydroxylation sites is 1. The molecule has 0 fully saturated rings. The van der Waals surface area contributed by atoms with Crippen molar-refractivity contribution in [3.8, 4) is 5.69 Å². The number of hydrogen-bond acceptors (Lipinski definition) is 1. The third-order valence-corrected chi connectivity index (χ3v) is 3.62. The zero-order valence-electron chi connectivity index (χ0n) is 10.9. The van der Waals surface area contributed by atoms with Gasteiger partial charge in [0, 0.05) is 6.07 Å². The number of benzene rings is 2. The first kappa shape index (κ1) is 14.3. The van der Waals surface area contributed by atoms with Gasteiger partial charge in [-0.1, -0.05) is 17.7 Å². The van der Waals surface area contributed by atoms with Gasteiger partial charge in [-0.25, -0.2) is 13.8 Å². The minimum atomic E-state index is -0.665. The zero-order valence-corrected chi connectivity index (χ0v) is 12.5. The van der Waals surface area contributed by atoms with E-state index in [2.05, 4.69) is 4.98 Å². The highest BCUT2D eigenvalue weighted by Crippen LogP contribution is 2.31. The van der Waals surface area contributed by atoms with Gasteiger partial charge in [0.15, 0.2) is 0 Å². The molecule has 2 nitrogen and oxygen atoms in total. The van der Waals surface area contributed by atoms with E-state index in [1.807, 2.05) is 0 Å². The van der Waals surface area contributed by atoms with Crippen molar-refractivity contribution < 1.29 is 8.78 Å². The molecule has 0 aliphatic rings. The molecule has 2 aromatic carbocycles. The average Bonchev–Trinajstić information content (AvgIpc) is 2.78.